The van der Waals surface area contributed by atoms with Gasteiger partial charge in [-0.25, -0.2) is 0 Å². The highest BCUT2D eigenvalue weighted by Gasteiger charge is 2.24. The molecule has 0 saturated heterocycles. The van der Waals surface area contributed by atoms with Crippen molar-refractivity contribution in [2.45, 2.75) is 25.8 Å². The molecule has 1 saturated carbocycles. The maximum Gasteiger partial charge on any atom is 0.152 e. The number of benzene rings is 2. The minimum Gasteiger partial charge on any atom is -0.505 e. The molecule has 1 aliphatic rings. The Hall–Kier alpha value is -2.86. The smallest absolute Gasteiger partial charge is 0.152 e. The number of hydrogen-bond acceptors (Lipinski definition) is 5. The van der Waals surface area contributed by atoms with E-state index in [-0.39, 0.29) is 15.8 Å². The fourth-order valence-electron chi connectivity index (χ4n) is 4.14. The van der Waals surface area contributed by atoms with Gasteiger partial charge in [0.15, 0.2) is 5.75 Å². The van der Waals surface area contributed by atoms with Gasteiger partial charge in [0.2, 0.25) is 0 Å². The summed E-state index contributed by atoms with van der Waals surface area (Å²) in [5.74, 6) is 0.618. The lowest BCUT2D eigenvalue weighted by Gasteiger charge is -2.16. The van der Waals surface area contributed by atoms with E-state index in [1.54, 1.807) is 12.1 Å². The van der Waals surface area contributed by atoms with E-state index >= 15 is 0 Å². The van der Waals surface area contributed by atoms with Gasteiger partial charge < -0.3 is 15.3 Å². The van der Waals surface area contributed by atoms with E-state index in [0.717, 1.165) is 58.0 Å². The van der Waals surface area contributed by atoms with Gasteiger partial charge in [-0.1, -0.05) is 29.3 Å². The van der Waals surface area contributed by atoms with Crippen molar-refractivity contribution in [3.8, 4) is 16.9 Å². The number of aromatic hydroxyl groups is 1. The number of anilines is 2. The van der Waals surface area contributed by atoms with Crippen LogP contribution in [-0.4, -0.2) is 34.1 Å². The molecule has 174 valence electrons. The molecule has 0 atom stereocenters. The van der Waals surface area contributed by atoms with Crippen molar-refractivity contribution in [1.29, 1.82) is 0 Å². The molecular weight excluding hydrogens is 467 g/mol. The van der Waals surface area contributed by atoms with Crippen LogP contribution in [0.15, 0.2) is 54.9 Å². The first kappa shape index (κ1) is 22.9. The molecule has 2 N–H and O–H groups in total. The molecule has 5 nitrogen and oxygen atoms in total. The summed E-state index contributed by atoms with van der Waals surface area (Å²) in [6, 6.07) is 13.7. The molecule has 0 bridgehead atoms. The second kappa shape index (κ2) is 9.41. The molecule has 2 aromatic carbocycles. The zero-order valence-corrected chi connectivity index (χ0v) is 20.7. The summed E-state index contributed by atoms with van der Waals surface area (Å²) in [5.41, 5.74) is 6.90. The lowest BCUT2D eigenvalue weighted by atomic mass is 9.99. The number of phenols is 1. The summed E-state index contributed by atoms with van der Waals surface area (Å²) < 4.78 is 0. The van der Waals surface area contributed by atoms with E-state index in [9.17, 15) is 5.11 Å². The van der Waals surface area contributed by atoms with Gasteiger partial charge in [-0.15, -0.1) is 0 Å². The van der Waals surface area contributed by atoms with E-state index in [1.807, 2.05) is 38.6 Å². The van der Waals surface area contributed by atoms with Crippen molar-refractivity contribution >= 4 is 45.5 Å². The Morgan fingerprint density at radius 1 is 0.971 bits per heavy atom. The van der Waals surface area contributed by atoms with E-state index < -0.39 is 0 Å². The molecule has 1 fully saturated rings. The third-order valence-electron chi connectivity index (χ3n) is 6.07. The molecule has 34 heavy (non-hydrogen) atoms. The SMILES string of the molecule is CN(C)Cc1ccc(Nc2c(CC3CC3)cnc3ccc(-c4cc(Cl)c(O)c(Cl)c4)cc23)cn1. The van der Waals surface area contributed by atoms with Gasteiger partial charge in [-0.2, -0.15) is 0 Å². The Kier molecular flexibility index (Phi) is 6.34. The molecule has 1 aliphatic carbocycles. The first-order chi connectivity index (χ1) is 16.4. The predicted molar refractivity (Wildman–Crippen MR) is 140 cm³/mol. The number of hydrogen-bond donors (Lipinski definition) is 2. The first-order valence-corrected chi connectivity index (χ1v) is 12.1. The van der Waals surface area contributed by atoms with Gasteiger partial charge in [-0.05, 0) is 92.4 Å². The molecule has 0 radical (unpaired) electrons. The van der Waals surface area contributed by atoms with Crippen LogP contribution in [-0.2, 0) is 13.0 Å². The van der Waals surface area contributed by atoms with Crippen LogP contribution < -0.4 is 5.32 Å². The Morgan fingerprint density at radius 3 is 2.38 bits per heavy atom. The van der Waals surface area contributed by atoms with Crippen LogP contribution in [0.5, 0.6) is 5.75 Å². The highest BCUT2D eigenvalue weighted by atomic mass is 35.5. The number of rotatable bonds is 7. The molecule has 4 aromatic rings. The van der Waals surface area contributed by atoms with Crippen molar-refractivity contribution in [2.75, 3.05) is 19.4 Å². The van der Waals surface area contributed by atoms with Gasteiger partial charge in [-0.3, -0.25) is 9.97 Å². The molecule has 0 spiro atoms. The van der Waals surface area contributed by atoms with Crippen LogP contribution in [0.3, 0.4) is 0 Å². The van der Waals surface area contributed by atoms with Gasteiger partial charge in [0.1, 0.15) is 0 Å². The number of fused-ring (bicyclic) bond motifs is 1. The molecule has 7 heteroatoms. The fraction of sp³-hybridized carbons (Fsp3) is 0.259. The van der Waals surface area contributed by atoms with E-state index in [0.29, 0.717) is 0 Å². The number of halogens is 2. The molecule has 2 aromatic heterocycles. The van der Waals surface area contributed by atoms with E-state index in [2.05, 4.69) is 33.4 Å². The monoisotopic (exact) mass is 492 g/mol. The van der Waals surface area contributed by atoms with Crippen molar-refractivity contribution in [3.05, 3.63) is 76.2 Å². The van der Waals surface area contributed by atoms with E-state index in [4.69, 9.17) is 28.2 Å². The van der Waals surface area contributed by atoms with Crippen LogP contribution >= 0.6 is 23.2 Å². The standard InChI is InChI=1S/C27H26Cl2N4O/c1-33(2)15-21-7-6-20(14-30-21)32-26-19(9-16-3-4-16)13-31-25-8-5-17(10-22(25)26)18-11-23(28)27(34)24(29)12-18/h5-8,10-14,16,34H,3-4,9,15H2,1-2H3,(H,31,32). The third kappa shape index (κ3) is 4.97. The average Bonchev–Trinajstić information content (AvgIpc) is 3.63. The number of nitrogens with zero attached hydrogens (tertiary/aromatic N) is 3. The highest BCUT2D eigenvalue weighted by molar-refractivity contribution is 6.37. The molecule has 2 heterocycles. The van der Waals surface area contributed by atoms with Gasteiger partial charge in [0, 0.05) is 18.1 Å². The van der Waals surface area contributed by atoms with Crippen molar-refractivity contribution in [3.63, 3.8) is 0 Å². The predicted octanol–water partition coefficient (Wildman–Crippen LogP) is 7.07. The van der Waals surface area contributed by atoms with Gasteiger partial charge >= 0.3 is 0 Å². The van der Waals surface area contributed by atoms with Crippen LogP contribution in [0.1, 0.15) is 24.1 Å². The lowest BCUT2D eigenvalue weighted by molar-refractivity contribution is 0.397. The second-order valence-corrected chi connectivity index (χ2v) is 10.0. The summed E-state index contributed by atoms with van der Waals surface area (Å²) in [6.07, 6.45) is 7.41. The Morgan fingerprint density at radius 2 is 1.74 bits per heavy atom. The second-order valence-electron chi connectivity index (χ2n) is 9.23. The van der Waals surface area contributed by atoms with Crippen LogP contribution in [0, 0.1) is 5.92 Å². The minimum absolute atomic E-state index is 0.103. The summed E-state index contributed by atoms with van der Waals surface area (Å²) >= 11 is 12.4. The van der Waals surface area contributed by atoms with Crippen molar-refractivity contribution in [2.24, 2.45) is 5.92 Å². The van der Waals surface area contributed by atoms with Crippen molar-refractivity contribution < 1.29 is 5.11 Å². The maximum atomic E-state index is 9.96. The molecular formula is C27H26Cl2N4O. The summed E-state index contributed by atoms with van der Waals surface area (Å²) in [7, 11) is 4.07. The number of nitrogens with one attached hydrogen (secondary N) is 1. The maximum absolute atomic E-state index is 9.96. The Bertz CT molecular complexity index is 1330. The van der Waals surface area contributed by atoms with Crippen molar-refractivity contribution in [1.82, 2.24) is 14.9 Å². The quantitative estimate of drug-likeness (QED) is 0.288. The Labute approximate surface area is 209 Å². The fourth-order valence-corrected chi connectivity index (χ4v) is 4.63. The van der Waals surface area contributed by atoms with E-state index in [1.165, 1.54) is 18.4 Å². The van der Waals surface area contributed by atoms with Crippen LogP contribution in [0.25, 0.3) is 22.0 Å². The average molecular weight is 493 g/mol. The number of pyridine rings is 2. The lowest BCUT2D eigenvalue weighted by Crippen LogP contribution is -2.11. The number of aromatic nitrogens is 2. The summed E-state index contributed by atoms with van der Waals surface area (Å²) in [4.78, 5) is 11.5. The molecule has 0 aliphatic heterocycles. The van der Waals surface area contributed by atoms with Crippen LogP contribution in [0.2, 0.25) is 10.0 Å². The topological polar surface area (TPSA) is 61.3 Å². The van der Waals surface area contributed by atoms with Crippen LogP contribution in [0.4, 0.5) is 11.4 Å². The third-order valence-corrected chi connectivity index (χ3v) is 6.65. The molecule has 0 amide bonds. The summed E-state index contributed by atoms with van der Waals surface area (Å²) in [6.45, 7) is 0.798. The first-order valence-electron chi connectivity index (χ1n) is 11.3. The zero-order valence-electron chi connectivity index (χ0n) is 19.1. The minimum atomic E-state index is -0.103. The largest absolute Gasteiger partial charge is 0.505 e. The Balaban J connectivity index is 1.58. The molecule has 5 rings (SSSR count). The van der Waals surface area contributed by atoms with Gasteiger partial charge in [0.25, 0.3) is 0 Å². The molecule has 0 unspecified atom stereocenters. The number of phenolic OH excluding ortho intramolecular Hbond substituents is 1. The van der Waals surface area contributed by atoms with Gasteiger partial charge in [0.05, 0.1) is 38.8 Å². The zero-order chi connectivity index (χ0) is 23.8. The normalized spacial score (nSPS) is 13.6. The highest BCUT2D eigenvalue weighted by Crippen LogP contribution is 2.40. The summed E-state index contributed by atoms with van der Waals surface area (Å²) in [5, 5.41) is 15.1.